The molecule has 0 aromatic carbocycles. The Labute approximate surface area is 92.9 Å². The van der Waals surface area contributed by atoms with Crippen LogP contribution in [-0.2, 0) is 0 Å². The number of likely N-dealkylation sites (N-methyl/N-ethyl adjacent to an activating group) is 1. The summed E-state index contributed by atoms with van der Waals surface area (Å²) in [4.78, 5) is 5.10. The van der Waals surface area contributed by atoms with Gasteiger partial charge in [-0.3, -0.25) is 0 Å². The lowest BCUT2D eigenvalue weighted by molar-refractivity contribution is 0.127. The first-order valence-electron chi connectivity index (χ1n) is 6.16. The molecular formula is C12H23N3. The van der Waals surface area contributed by atoms with E-state index in [1.165, 1.54) is 39.3 Å². The largest absolute Gasteiger partial charge is 0.324 e. The predicted molar refractivity (Wildman–Crippen MR) is 63.8 cm³/mol. The second kappa shape index (κ2) is 5.10. The fraction of sp³-hybridized carbons (Fsp3) is 0.833. The average molecular weight is 209 g/mol. The van der Waals surface area contributed by atoms with Gasteiger partial charge in [0.15, 0.2) is 0 Å². The molecule has 1 fully saturated rings. The molecule has 1 aliphatic carbocycles. The van der Waals surface area contributed by atoms with Gasteiger partial charge in [-0.2, -0.15) is 0 Å². The Morgan fingerprint density at radius 1 is 1.13 bits per heavy atom. The van der Waals surface area contributed by atoms with E-state index in [0.717, 1.165) is 6.42 Å². The Kier molecular flexibility index (Phi) is 3.78. The number of rotatable bonds is 3. The van der Waals surface area contributed by atoms with Gasteiger partial charge in [0, 0.05) is 38.8 Å². The molecule has 1 heterocycles. The zero-order valence-corrected chi connectivity index (χ0v) is 9.73. The van der Waals surface area contributed by atoms with E-state index in [4.69, 9.17) is 5.73 Å². The number of nitrogens with two attached hydrogens (primary N) is 1. The van der Waals surface area contributed by atoms with Crippen LogP contribution in [0.4, 0.5) is 0 Å². The maximum atomic E-state index is 5.86. The number of piperazine rings is 1. The lowest BCUT2D eigenvalue weighted by atomic mass is 10.1. The smallest absolute Gasteiger partial charge is 0.0229 e. The quantitative estimate of drug-likeness (QED) is 0.688. The first-order chi connectivity index (χ1) is 7.28. The van der Waals surface area contributed by atoms with Crippen molar-refractivity contribution in [3.63, 3.8) is 0 Å². The minimum atomic E-state index is 0.312. The fourth-order valence-electron chi connectivity index (χ4n) is 2.56. The zero-order valence-electron chi connectivity index (χ0n) is 9.73. The van der Waals surface area contributed by atoms with Gasteiger partial charge in [0.1, 0.15) is 0 Å². The molecule has 2 N–H and O–H groups in total. The van der Waals surface area contributed by atoms with E-state index in [9.17, 15) is 0 Å². The molecule has 15 heavy (non-hydrogen) atoms. The van der Waals surface area contributed by atoms with Gasteiger partial charge >= 0.3 is 0 Å². The molecule has 0 radical (unpaired) electrons. The minimum absolute atomic E-state index is 0.312. The van der Waals surface area contributed by atoms with Crippen molar-refractivity contribution in [1.29, 1.82) is 0 Å². The van der Waals surface area contributed by atoms with Gasteiger partial charge in [-0.15, -0.1) is 0 Å². The van der Waals surface area contributed by atoms with Gasteiger partial charge in [0.2, 0.25) is 0 Å². The third-order valence-corrected chi connectivity index (χ3v) is 3.61. The highest BCUT2D eigenvalue weighted by Gasteiger charge is 2.21. The fourth-order valence-corrected chi connectivity index (χ4v) is 2.56. The van der Waals surface area contributed by atoms with Crippen molar-refractivity contribution in [2.75, 3.05) is 39.3 Å². The summed E-state index contributed by atoms with van der Waals surface area (Å²) < 4.78 is 0. The van der Waals surface area contributed by atoms with Crippen molar-refractivity contribution < 1.29 is 0 Å². The summed E-state index contributed by atoms with van der Waals surface area (Å²) in [6, 6.07) is 0.312. The maximum absolute atomic E-state index is 5.86. The van der Waals surface area contributed by atoms with Crippen molar-refractivity contribution in [3.05, 3.63) is 12.2 Å². The standard InChI is InChI=1S/C12H23N3/c1-2-14-5-7-15(8-6-14)10-11-3-4-12(13)9-11/h3-4,11-12H,2,5-10,13H2,1H3. The van der Waals surface area contributed by atoms with E-state index >= 15 is 0 Å². The average Bonchev–Trinajstić information content (AvgIpc) is 2.65. The molecule has 0 bridgehead atoms. The summed E-state index contributed by atoms with van der Waals surface area (Å²) in [7, 11) is 0. The number of hydrogen-bond acceptors (Lipinski definition) is 3. The van der Waals surface area contributed by atoms with Crippen LogP contribution >= 0.6 is 0 Å². The van der Waals surface area contributed by atoms with E-state index in [1.54, 1.807) is 0 Å². The second-order valence-electron chi connectivity index (χ2n) is 4.78. The first-order valence-corrected chi connectivity index (χ1v) is 6.16. The van der Waals surface area contributed by atoms with E-state index in [-0.39, 0.29) is 0 Å². The molecule has 0 aromatic rings. The predicted octanol–water partition coefficient (Wildman–Crippen LogP) is 0.527. The van der Waals surface area contributed by atoms with Crippen LogP contribution in [0.5, 0.6) is 0 Å². The molecule has 2 unspecified atom stereocenters. The lowest BCUT2D eigenvalue weighted by Gasteiger charge is -2.35. The summed E-state index contributed by atoms with van der Waals surface area (Å²) in [6.07, 6.45) is 5.61. The van der Waals surface area contributed by atoms with Crippen LogP contribution in [0.3, 0.4) is 0 Å². The van der Waals surface area contributed by atoms with Gasteiger partial charge in [-0.25, -0.2) is 0 Å². The Morgan fingerprint density at radius 2 is 1.80 bits per heavy atom. The van der Waals surface area contributed by atoms with E-state index in [1.807, 2.05) is 0 Å². The number of hydrogen-bond donors (Lipinski definition) is 1. The van der Waals surface area contributed by atoms with Gasteiger partial charge in [0.25, 0.3) is 0 Å². The minimum Gasteiger partial charge on any atom is -0.324 e. The summed E-state index contributed by atoms with van der Waals surface area (Å²) >= 11 is 0. The molecule has 0 amide bonds. The van der Waals surface area contributed by atoms with E-state index in [0.29, 0.717) is 12.0 Å². The van der Waals surface area contributed by atoms with Crippen LogP contribution in [0.1, 0.15) is 13.3 Å². The van der Waals surface area contributed by atoms with Crippen molar-refractivity contribution in [2.24, 2.45) is 11.7 Å². The summed E-state index contributed by atoms with van der Waals surface area (Å²) in [5.41, 5.74) is 5.86. The van der Waals surface area contributed by atoms with Crippen molar-refractivity contribution in [2.45, 2.75) is 19.4 Å². The Balaban J connectivity index is 1.71. The zero-order chi connectivity index (χ0) is 10.7. The molecule has 0 aromatic heterocycles. The third kappa shape index (κ3) is 3.03. The van der Waals surface area contributed by atoms with Crippen molar-refractivity contribution >= 4 is 0 Å². The molecule has 0 saturated carbocycles. The first kappa shape index (κ1) is 11.1. The molecule has 2 rings (SSSR count). The van der Waals surface area contributed by atoms with Crippen LogP contribution < -0.4 is 5.73 Å². The molecule has 1 aliphatic heterocycles. The molecular weight excluding hydrogens is 186 g/mol. The number of nitrogens with zero attached hydrogens (tertiary/aromatic N) is 2. The van der Waals surface area contributed by atoms with Crippen LogP contribution in [-0.4, -0.2) is 55.1 Å². The van der Waals surface area contributed by atoms with Gasteiger partial charge in [-0.1, -0.05) is 19.1 Å². The van der Waals surface area contributed by atoms with Gasteiger partial charge < -0.3 is 15.5 Å². The normalized spacial score (nSPS) is 33.7. The summed E-state index contributed by atoms with van der Waals surface area (Å²) in [5.74, 6) is 0.702. The highest BCUT2D eigenvalue weighted by molar-refractivity contribution is 5.05. The Bertz CT molecular complexity index is 219. The second-order valence-corrected chi connectivity index (χ2v) is 4.78. The maximum Gasteiger partial charge on any atom is 0.0229 e. The summed E-state index contributed by atoms with van der Waals surface area (Å²) in [6.45, 7) is 9.58. The molecule has 2 atom stereocenters. The SMILES string of the molecule is CCN1CCN(CC2C=CC(N)C2)CC1. The molecule has 0 spiro atoms. The van der Waals surface area contributed by atoms with Crippen LogP contribution in [0.25, 0.3) is 0 Å². The Hall–Kier alpha value is -0.380. The summed E-state index contributed by atoms with van der Waals surface area (Å²) in [5, 5.41) is 0. The van der Waals surface area contributed by atoms with E-state index < -0.39 is 0 Å². The highest BCUT2D eigenvalue weighted by atomic mass is 15.3. The van der Waals surface area contributed by atoms with Gasteiger partial charge in [-0.05, 0) is 18.9 Å². The topological polar surface area (TPSA) is 32.5 Å². The van der Waals surface area contributed by atoms with Crippen molar-refractivity contribution in [1.82, 2.24) is 9.80 Å². The van der Waals surface area contributed by atoms with E-state index in [2.05, 4.69) is 28.9 Å². The monoisotopic (exact) mass is 209 g/mol. The van der Waals surface area contributed by atoms with Gasteiger partial charge in [0.05, 0.1) is 0 Å². The molecule has 3 nitrogen and oxygen atoms in total. The van der Waals surface area contributed by atoms with Crippen LogP contribution in [0, 0.1) is 5.92 Å². The lowest BCUT2D eigenvalue weighted by Crippen LogP contribution is -2.47. The highest BCUT2D eigenvalue weighted by Crippen LogP contribution is 2.18. The van der Waals surface area contributed by atoms with Crippen molar-refractivity contribution in [3.8, 4) is 0 Å². The van der Waals surface area contributed by atoms with Crippen LogP contribution in [0.15, 0.2) is 12.2 Å². The molecule has 2 aliphatic rings. The van der Waals surface area contributed by atoms with Crippen LogP contribution in [0.2, 0.25) is 0 Å². The Morgan fingerprint density at radius 3 is 2.33 bits per heavy atom. The molecule has 86 valence electrons. The third-order valence-electron chi connectivity index (χ3n) is 3.61. The molecule has 1 saturated heterocycles. The molecule has 3 heteroatoms.